The fraction of sp³-hybridized carbons (Fsp3) is 0.529. The molecule has 0 aliphatic heterocycles. The van der Waals surface area contributed by atoms with Crippen LogP contribution in [0.25, 0.3) is 0 Å². The third-order valence-electron chi connectivity index (χ3n) is 3.55. The van der Waals surface area contributed by atoms with Crippen molar-refractivity contribution in [2.75, 3.05) is 12.8 Å². The van der Waals surface area contributed by atoms with Crippen LogP contribution >= 0.6 is 27.7 Å². The Morgan fingerprint density at radius 2 is 2.04 bits per heavy atom. The molecule has 1 N–H and O–H groups in total. The van der Waals surface area contributed by atoms with Crippen molar-refractivity contribution >= 4 is 27.7 Å². The minimum atomic E-state index is 0.601. The molecule has 0 radical (unpaired) electrons. The Morgan fingerprint density at radius 1 is 1.26 bits per heavy atom. The number of nitrogens with one attached hydrogen (secondary N) is 1. The number of thioether (sulfide) groups is 1. The maximum atomic E-state index is 4.37. The fourth-order valence-electron chi connectivity index (χ4n) is 2.44. The Kier molecular flexibility index (Phi) is 7.59. The molecule has 1 aromatic heterocycles. The number of aromatic nitrogens is 3. The van der Waals surface area contributed by atoms with Crippen LogP contribution in [0.1, 0.15) is 31.7 Å². The van der Waals surface area contributed by atoms with Crippen LogP contribution in [-0.4, -0.2) is 27.6 Å². The van der Waals surface area contributed by atoms with E-state index in [0.717, 1.165) is 47.9 Å². The van der Waals surface area contributed by atoms with Gasteiger partial charge in [0.05, 0.1) is 0 Å². The van der Waals surface area contributed by atoms with Crippen molar-refractivity contribution in [1.82, 2.24) is 20.1 Å². The molecule has 0 amide bonds. The third-order valence-corrected chi connectivity index (χ3v) is 4.99. The molecule has 0 aliphatic carbocycles. The van der Waals surface area contributed by atoms with Gasteiger partial charge in [-0.05, 0) is 36.8 Å². The van der Waals surface area contributed by atoms with Crippen LogP contribution in [-0.2, 0) is 19.5 Å². The number of nitrogens with zero attached hydrogens (tertiary/aromatic N) is 3. The van der Waals surface area contributed by atoms with E-state index in [0.29, 0.717) is 5.92 Å². The van der Waals surface area contributed by atoms with Crippen LogP contribution in [0.15, 0.2) is 33.9 Å². The molecule has 1 heterocycles. The van der Waals surface area contributed by atoms with Crippen LogP contribution in [0.3, 0.4) is 0 Å². The van der Waals surface area contributed by atoms with Gasteiger partial charge in [0.25, 0.3) is 0 Å². The van der Waals surface area contributed by atoms with Gasteiger partial charge in [-0.25, -0.2) is 0 Å². The first-order chi connectivity index (χ1) is 11.1. The molecule has 2 aromatic rings. The molecule has 2 rings (SSSR count). The van der Waals surface area contributed by atoms with E-state index in [-0.39, 0.29) is 0 Å². The lowest BCUT2D eigenvalue weighted by Gasteiger charge is -2.12. The van der Waals surface area contributed by atoms with Crippen molar-refractivity contribution in [1.29, 1.82) is 0 Å². The predicted octanol–water partition coefficient (Wildman–Crippen LogP) is 4.14. The van der Waals surface area contributed by atoms with Crippen LogP contribution in [0, 0.1) is 5.92 Å². The summed E-state index contributed by atoms with van der Waals surface area (Å²) < 4.78 is 3.43. The molecular formula is C17H25BrN4S. The molecule has 0 spiro atoms. The van der Waals surface area contributed by atoms with E-state index < -0.39 is 0 Å². The van der Waals surface area contributed by atoms with Gasteiger partial charge in [0.15, 0.2) is 5.16 Å². The first kappa shape index (κ1) is 18.5. The monoisotopic (exact) mass is 396 g/mol. The quantitative estimate of drug-likeness (QED) is 0.510. The zero-order chi connectivity index (χ0) is 16.7. The first-order valence-corrected chi connectivity index (χ1v) is 10.0. The van der Waals surface area contributed by atoms with Gasteiger partial charge in [-0.15, -0.1) is 10.2 Å². The summed E-state index contributed by atoms with van der Waals surface area (Å²) in [6.45, 7) is 7.31. The Hall–Kier alpha value is -0.850. The van der Waals surface area contributed by atoms with E-state index in [1.165, 1.54) is 5.56 Å². The smallest absolute Gasteiger partial charge is 0.190 e. The summed E-state index contributed by atoms with van der Waals surface area (Å²) in [5, 5.41) is 13.2. The number of rotatable bonds is 9. The summed E-state index contributed by atoms with van der Waals surface area (Å²) in [5.41, 5.74) is 1.29. The van der Waals surface area contributed by atoms with E-state index in [9.17, 15) is 0 Å². The SMILES string of the molecule is CSc1nnc(CCCNCc2ccccc2Br)n1CC(C)C. The average molecular weight is 397 g/mol. The van der Waals surface area contributed by atoms with Gasteiger partial charge in [-0.1, -0.05) is 59.7 Å². The lowest BCUT2D eigenvalue weighted by molar-refractivity contribution is 0.475. The fourth-order valence-corrected chi connectivity index (χ4v) is 3.39. The zero-order valence-corrected chi connectivity index (χ0v) is 16.5. The Balaban J connectivity index is 1.80. The number of benzene rings is 1. The highest BCUT2D eigenvalue weighted by Gasteiger charge is 2.12. The van der Waals surface area contributed by atoms with Gasteiger partial charge in [-0.3, -0.25) is 0 Å². The minimum Gasteiger partial charge on any atom is -0.313 e. The van der Waals surface area contributed by atoms with Crippen molar-refractivity contribution < 1.29 is 0 Å². The number of halogens is 1. The maximum Gasteiger partial charge on any atom is 0.190 e. The standard InChI is InChI=1S/C17H25BrN4S/c1-13(2)12-22-16(20-21-17(22)23-3)9-6-10-19-11-14-7-4-5-8-15(14)18/h4-5,7-8,13,19H,6,9-12H2,1-3H3. The number of aryl methyl sites for hydroxylation is 1. The third kappa shape index (κ3) is 5.62. The van der Waals surface area contributed by atoms with Gasteiger partial charge in [0, 0.05) is 24.0 Å². The summed E-state index contributed by atoms with van der Waals surface area (Å²) >= 11 is 5.25. The largest absolute Gasteiger partial charge is 0.313 e. The van der Waals surface area contributed by atoms with Crippen molar-refractivity contribution in [2.45, 2.75) is 44.9 Å². The van der Waals surface area contributed by atoms with Crippen LogP contribution in [0.4, 0.5) is 0 Å². The van der Waals surface area contributed by atoms with Crippen molar-refractivity contribution in [2.24, 2.45) is 5.92 Å². The van der Waals surface area contributed by atoms with Crippen LogP contribution < -0.4 is 5.32 Å². The molecule has 126 valence electrons. The van der Waals surface area contributed by atoms with Gasteiger partial charge in [-0.2, -0.15) is 0 Å². The van der Waals surface area contributed by atoms with E-state index in [1.807, 2.05) is 6.07 Å². The summed E-state index contributed by atoms with van der Waals surface area (Å²) in [7, 11) is 0. The summed E-state index contributed by atoms with van der Waals surface area (Å²) in [5.74, 6) is 1.70. The van der Waals surface area contributed by atoms with Gasteiger partial charge in [0.1, 0.15) is 5.82 Å². The Labute approximate surface area is 151 Å². The molecule has 0 atom stereocenters. The molecule has 0 saturated heterocycles. The van der Waals surface area contributed by atoms with Crippen LogP contribution in [0.2, 0.25) is 0 Å². The van der Waals surface area contributed by atoms with Crippen LogP contribution in [0.5, 0.6) is 0 Å². The highest BCUT2D eigenvalue weighted by atomic mass is 79.9. The normalized spacial score (nSPS) is 11.3. The summed E-state index contributed by atoms with van der Waals surface area (Å²) in [6, 6.07) is 8.33. The average Bonchev–Trinajstić information content (AvgIpc) is 2.90. The molecule has 4 nitrogen and oxygen atoms in total. The highest BCUT2D eigenvalue weighted by molar-refractivity contribution is 9.10. The van der Waals surface area contributed by atoms with Gasteiger partial charge < -0.3 is 9.88 Å². The first-order valence-electron chi connectivity index (χ1n) is 8.02. The predicted molar refractivity (Wildman–Crippen MR) is 101 cm³/mol. The molecule has 0 saturated carbocycles. The molecular weight excluding hydrogens is 372 g/mol. The molecule has 0 unspecified atom stereocenters. The van der Waals surface area contributed by atoms with Crippen molar-refractivity contribution in [3.8, 4) is 0 Å². The number of hydrogen-bond acceptors (Lipinski definition) is 4. The highest BCUT2D eigenvalue weighted by Crippen LogP contribution is 2.17. The lowest BCUT2D eigenvalue weighted by Crippen LogP contribution is -2.17. The Morgan fingerprint density at radius 3 is 2.74 bits per heavy atom. The van der Waals surface area contributed by atoms with E-state index in [1.54, 1.807) is 11.8 Å². The van der Waals surface area contributed by atoms with E-state index in [4.69, 9.17) is 0 Å². The van der Waals surface area contributed by atoms with E-state index in [2.05, 4.69) is 74.3 Å². The zero-order valence-electron chi connectivity index (χ0n) is 14.1. The van der Waals surface area contributed by atoms with Gasteiger partial charge >= 0.3 is 0 Å². The topological polar surface area (TPSA) is 42.7 Å². The van der Waals surface area contributed by atoms with Crippen molar-refractivity contribution in [3.63, 3.8) is 0 Å². The molecule has 6 heteroatoms. The molecule has 0 aliphatic rings. The molecule has 1 aromatic carbocycles. The van der Waals surface area contributed by atoms with Gasteiger partial charge in [0.2, 0.25) is 0 Å². The minimum absolute atomic E-state index is 0.601. The summed E-state index contributed by atoms with van der Waals surface area (Å²) in [4.78, 5) is 0. The number of hydrogen-bond donors (Lipinski definition) is 1. The maximum absolute atomic E-state index is 4.37. The summed E-state index contributed by atoms with van der Waals surface area (Å²) in [6.07, 6.45) is 4.09. The second-order valence-corrected chi connectivity index (χ2v) is 7.61. The molecule has 0 fully saturated rings. The molecule has 23 heavy (non-hydrogen) atoms. The molecule has 0 bridgehead atoms. The van der Waals surface area contributed by atoms with E-state index >= 15 is 0 Å². The van der Waals surface area contributed by atoms with Crippen molar-refractivity contribution in [3.05, 3.63) is 40.1 Å². The second-order valence-electron chi connectivity index (χ2n) is 5.98. The second kappa shape index (κ2) is 9.45. The lowest BCUT2D eigenvalue weighted by atomic mass is 10.2. The Bertz CT molecular complexity index is 612.